The maximum absolute atomic E-state index is 13.5. The Balaban J connectivity index is 2.23. The third-order valence-corrected chi connectivity index (χ3v) is 4.19. The number of rotatable bonds is 3. The lowest BCUT2D eigenvalue weighted by Crippen LogP contribution is -2.23. The molecule has 1 aromatic heterocycles. The molecule has 0 unspecified atom stereocenters. The second-order valence-corrected chi connectivity index (χ2v) is 5.93. The third kappa shape index (κ3) is 3.48. The summed E-state index contributed by atoms with van der Waals surface area (Å²) in [6.07, 6.45) is -1.77. The summed E-state index contributed by atoms with van der Waals surface area (Å²) in [6.45, 7) is 1.78. The molecule has 0 aliphatic heterocycles. The van der Waals surface area contributed by atoms with Gasteiger partial charge in [0.1, 0.15) is 0 Å². The van der Waals surface area contributed by atoms with Gasteiger partial charge in [0.25, 0.3) is 0 Å². The van der Waals surface area contributed by atoms with Gasteiger partial charge in [0.05, 0.1) is 11.3 Å². The second kappa shape index (κ2) is 6.75. The number of nitrogen functional groups attached to an aromatic ring is 1. The van der Waals surface area contributed by atoms with Gasteiger partial charge in [0.2, 0.25) is 0 Å². The van der Waals surface area contributed by atoms with E-state index in [2.05, 4.69) is 10.4 Å². The van der Waals surface area contributed by atoms with E-state index >= 15 is 0 Å². The number of halogens is 3. The van der Waals surface area contributed by atoms with Gasteiger partial charge in [-0.1, -0.05) is 30.4 Å². The molecule has 0 amide bonds. The van der Waals surface area contributed by atoms with Crippen LogP contribution in [0.3, 0.4) is 0 Å². The summed E-state index contributed by atoms with van der Waals surface area (Å²) in [5, 5.41) is 7.22. The van der Waals surface area contributed by atoms with Crippen molar-refractivity contribution >= 4 is 17.8 Å². The van der Waals surface area contributed by atoms with E-state index < -0.39 is 17.4 Å². The zero-order chi connectivity index (χ0) is 19.8. The molecule has 0 saturated carbocycles. The smallest absolute Gasteiger partial charge is 0.398 e. The lowest BCUT2D eigenvalue weighted by atomic mass is 10.0. The predicted molar refractivity (Wildman–Crippen MR) is 96.1 cm³/mol. The van der Waals surface area contributed by atoms with Crippen LogP contribution in [-0.4, -0.2) is 19.8 Å². The number of aryl methyl sites for hydroxylation is 1. The van der Waals surface area contributed by atoms with Crippen LogP contribution in [0, 0.1) is 6.92 Å². The monoisotopic (exact) mass is 375 g/mol. The quantitative estimate of drug-likeness (QED) is 0.564. The highest BCUT2D eigenvalue weighted by Gasteiger charge is 2.34. The summed E-state index contributed by atoms with van der Waals surface area (Å²) in [4.78, 5) is 12.1. The minimum atomic E-state index is -4.60. The second-order valence-electron chi connectivity index (χ2n) is 5.93. The minimum absolute atomic E-state index is 0.0132. The molecule has 0 bridgehead atoms. The number of hydrogen-bond acceptors (Lipinski definition) is 4. The normalized spacial score (nSPS) is 12.0. The zero-order valence-electron chi connectivity index (χ0n) is 14.5. The molecule has 1 heterocycles. The van der Waals surface area contributed by atoms with Crippen molar-refractivity contribution < 1.29 is 13.2 Å². The molecule has 0 spiro atoms. The van der Waals surface area contributed by atoms with E-state index in [0.717, 1.165) is 21.0 Å². The highest BCUT2D eigenvalue weighted by Crippen LogP contribution is 2.35. The number of benzene rings is 2. The fraction of sp³-hybridized carbons (Fsp3) is 0.167. The number of alkyl halides is 3. The Bertz CT molecular complexity index is 1080. The van der Waals surface area contributed by atoms with Gasteiger partial charge in [0.15, 0.2) is 0 Å². The number of nitrogens with two attached hydrogens (primary N) is 1. The van der Waals surface area contributed by atoms with Crippen LogP contribution in [0.5, 0.6) is 0 Å². The van der Waals surface area contributed by atoms with E-state index in [1.165, 1.54) is 31.3 Å². The summed E-state index contributed by atoms with van der Waals surface area (Å²) in [7, 11) is 1.37. The van der Waals surface area contributed by atoms with E-state index in [1.807, 2.05) is 0 Å². The van der Waals surface area contributed by atoms with Gasteiger partial charge >= 0.3 is 11.9 Å². The molecule has 3 rings (SSSR count). The molecule has 140 valence electrons. The van der Waals surface area contributed by atoms with Crippen molar-refractivity contribution in [2.45, 2.75) is 13.1 Å². The lowest BCUT2D eigenvalue weighted by Gasteiger charge is -2.14. The Hall–Kier alpha value is -3.36. The van der Waals surface area contributed by atoms with Crippen LogP contribution in [0.1, 0.15) is 22.3 Å². The Kier molecular flexibility index (Phi) is 4.61. The fourth-order valence-corrected chi connectivity index (χ4v) is 2.65. The molecule has 0 fully saturated rings. The van der Waals surface area contributed by atoms with Crippen molar-refractivity contribution in [3.8, 4) is 5.69 Å². The standard InChI is InChI=1S/C18H16F3N5O/c1-11-12(5-3-7-15(11)22)9-10-13-14(18(19,20)21)6-4-8-16(13)26-17(27)25(2)23-24-26/h3-10H,22H2,1-2H3/b10-9+. The Morgan fingerprint density at radius 2 is 1.78 bits per heavy atom. The first-order valence-electron chi connectivity index (χ1n) is 7.93. The maximum Gasteiger partial charge on any atom is 0.417 e. The molecule has 27 heavy (non-hydrogen) atoms. The van der Waals surface area contributed by atoms with Crippen LogP contribution in [-0.2, 0) is 13.2 Å². The number of tetrazole rings is 1. The highest BCUT2D eigenvalue weighted by molar-refractivity contribution is 5.78. The molecule has 0 aliphatic carbocycles. The minimum Gasteiger partial charge on any atom is -0.398 e. The van der Waals surface area contributed by atoms with Crippen LogP contribution in [0.25, 0.3) is 17.8 Å². The van der Waals surface area contributed by atoms with E-state index in [-0.39, 0.29) is 11.3 Å². The van der Waals surface area contributed by atoms with E-state index in [1.54, 1.807) is 25.1 Å². The van der Waals surface area contributed by atoms with Crippen LogP contribution in [0.15, 0.2) is 41.2 Å². The van der Waals surface area contributed by atoms with Crippen molar-refractivity contribution in [1.82, 2.24) is 19.8 Å². The Morgan fingerprint density at radius 1 is 1.07 bits per heavy atom. The molecule has 0 radical (unpaired) electrons. The van der Waals surface area contributed by atoms with Crippen molar-refractivity contribution in [3.05, 3.63) is 69.1 Å². The molecule has 2 aromatic carbocycles. The average Bonchev–Trinajstić information content (AvgIpc) is 2.94. The topological polar surface area (TPSA) is 78.7 Å². The van der Waals surface area contributed by atoms with Gasteiger partial charge in [-0.15, -0.1) is 0 Å². The van der Waals surface area contributed by atoms with Gasteiger partial charge in [-0.3, -0.25) is 0 Å². The van der Waals surface area contributed by atoms with Crippen LogP contribution < -0.4 is 11.4 Å². The molecule has 6 nitrogen and oxygen atoms in total. The van der Waals surface area contributed by atoms with Crippen LogP contribution in [0.4, 0.5) is 18.9 Å². The highest BCUT2D eigenvalue weighted by atomic mass is 19.4. The van der Waals surface area contributed by atoms with Gasteiger partial charge in [-0.25, -0.2) is 4.79 Å². The third-order valence-electron chi connectivity index (χ3n) is 4.19. The number of hydrogen-bond donors (Lipinski definition) is 1. The predicted octanol–water partition coefficient (Wildman–Crippen LogP) is 3.05. The maximum atomic E-state index is 13.5. The first kappa shape index (κ1) is 18.4. The first-order chi connectivity index (χ1) is 12.7. The van der Waals surface area contributed by atoms with Gasteiger partial charge < -0.3 is 5.73 Å². The molecule has 3 aromatic rings. The number of aromatic nitrogens is 4. The summed E-state index contributed by atoms with van der Waals surface area (Å²) < 4.78 is 42.4. The molecular formula is C18H16F3N5O. The van der Waals surface area contributed by atoms with Crippen molar-refractivity contribution in [3.63, 3.8) is 0 Å². The summed E-state index contributed by atoms with van der Waals surface area (Å²) >= 11 is 0. The summed E-state index contributed by atoms with van der Waals surface area (Å²) in [5.74, 6) is 0. The van der Waals surface area contributed by atoms with Gasteiger partial charge in [-0.2, -0.15) is 22.5 Å². The molecule has 2 N–H and O–H groups in total. The van der Waals surface area contributed by atoms with Gasteiger partial charge in [-0.05, 0) is 46.7 Å². The van der Waals surface area contributed by atoms with E-state index in [9.17, 15) is 18.0 Å². The van der Waals surface area contributed by atoms with Crippen molar-refractivity contribution in [2.75, 3.05) is 5.73 Å². The van der Waals surface area contributed by atoms with Crippen LogP contribution in [0.2, 0.25) is 0 Å². The van der Waals surface area contributed by atoms with E-state index in [0.29, 0.717) is 11.3 Å². The largest absolute Gasteiger partial charge is 0.417 e. The molecule has 0 atom stereocenters. The molecule has 9 heteroatoms. The average molecular weight is 375 g/mol. The van der Waals surface area contributed by atoms with Gasteiger partial charge in [0, 0.05) is 18.3 Å². The number of nitrogens with zero attached hydrogens (tertiary/aromatic N) is 4. The van der Waals surface area contributed by atoms with E-state index in [4.69, 9.17) is 5.73 Å². The van der Waals surface area contributed by atoms with Crippen LogP contribution >= 0.6 is 0 Å². The fourth-order valence-electron chi connectivity index (χ4n) is 2.65. The molecule has 0 aliphatic rings. The Labute approximate surface area is 152 Å². The zero-order valence-corrected chi connectivity index (χ0v) is 14.5. The summed E-state index contributed by atoms with van der Waals surface area (Å²) in [5.41, 5.74) is 6.08. The van der Waals surface area contributed by atoms with Crippen molar-refractivity contribution in [1.29, 1.82) is 0 Å². The lowest BCUT2D eigenvalue weighted by molar-refractivity contribution is -0.137. The SMILES string of the molecule is Cc1c(N)cccc1/C=C/c1c(-n2nnn(C)c2=O)cccc1C(F)(F)F. The molecule has 0 saturated heterocycles. The number of anilines is 1. The first-order valence-corrected chi connectivity index (χ1v) is 7.93. The Morgan fingerprint density at radius 3 is 2.41 bits per heavy atom. The molecular weight excluding hydrogens is 359 g/mol. The van der Waals surface area contributed by atoms with Crippen molar-refractivity contribution in [2.24, 2.45) is 7.05 Å². The summed E-state index contributed by atoms with van der Waals surface area (Å²) in [6, 6.07) is 8.73.